The molecular formula is C13H21N3O. The van der Waals surface area contributed by atoms with Crippen LogP contribution in [-0.4, -0.2) is 28.9 Å². The summed E-state index contributed by atoms with van der Waals surface area (Å²) in [5.41, 5.74) is 6.74. The van der Waals surface area contributed by atoms with Gasteiger partial charge in [-0.25, -0.2) is 0 Å². The predicted octanol–water partition coefficient (Wildman–Crippen LogP) is 1.58. The molecule has 0 bridgehead atoms. The maximum Gasteiger partial charge on any atom is 0.240 e. The van der Waals surface area contributed by atoms with Crippen LogP contribution < -0.4 is 5.73 Å². The van der Waals surface area contributed by atoms with Crippen LogP contribution in [0.2, 0.25) is 0 Å². The van der Waals surface area contributed by atoms with Crippen molar-refractivity contribution < 1.29 is 4.79 Å². The van der Waals surface area contributed by atoms with Gasteiger partial charge in [0.1, 0.15) is 0 Å². The normalized spacial score (nSPS) is 14.5. The Labute approximate surface area is 103 Å². The summed E-state index contributed by atoms with van der Waals surface area (Å²) >= 11 is 0. The molecule has 0 saturated carbocycles. The molecule has 1 rings (SSSR count). The maximum atomic E-state index is 12.1. The number of hydrogen-bond acceptors (Lipinski definition) is 3. The predicted molar refractivity (Wildman–Crippen MR) is 68.2 cm³/mol. The summed E-state index contributed by atoms with van der Waals surface area (Å²) in [4.78, 5) is 18.0. The van der Waals surface area contributed by atoms with Crippen molar-refractivity contribution in [2.75, 3.05) is 7.05 Å². The summed E-state index contributed by atoms with van der Waals surface area (Å²) in [6.07, 6.45) is 1.73. The molecule has 0 aromatic carbocycles. The number of amides is 1. The Morgan fingerprint density at radius 2 is 2.00 bits per heavy atom. The van der Waals surface area contributed by atoms with Crippen molar-refractivity contribution in [2.45, 2.75) is 32.9 Å². The first-order valence-corrected chi connectivity index (χ1v) is 5.88. The Hall–Kier alpha value is -1.42. The van der Waals surface area contributed by atoms with Crippen molar-refractivity contribution in [3.8, 4) is 0 Å². The summed E-state index contributed by atoms with van der Waals surface area (Å²) in [7, 11) is 1.77. The first kappa shape index (κ1) is 13.6. The molecule has 0 saturated heterocycles. The van der Waals surface area contributed by atoms with Gasteiger partial charge in [-0.15, -0.1) is 0 Å². The highest BCUT2D eigenvalue weighted by molar-refractivity contribution is 5.82. The summed E-state index contributed by atoms with van der Waals surface area (Å²) in [6, 6.07) is 5.17. The number of nitrogens with zero attached hydrogens (tertiary/aromatic N) is 2. The van der Waals surface area contributed by atoms with Crippen LogP contribution in [0.3, 0.4) is 0 Å². The Morgan fingerprint density at radius 3 is 2.47 bits per heavy atom. The number of rotatable bonds is 4. The highest BCUT2D eigenvalue weighted by atomic mass is 16.2. The Kier molecular flexibility index (Phi) is 4.63. The molecule has 17 heavy (non-hydrogen) atoms. The molecule has 2 atom stereocenters. The van der Waals surface area contributed by atoms with E-state index in [-0.39, 0.29) is 17.9 Å². The van der Waals surface area contributed by atoms with E-state index in [0.717, 1.165) is 5.69 Å². The summed E-state index contributed by atoms with van der Waals surface area (Å²) in [5, 5.41) is 0. The molecule has 0 spiro atoms. The number of likely N-dealkylation sites (N-methyl/N-ethyl adjacent to an activating group) is 1. The van der Waals surface area contributed by atoms with E-state index in [9.17, 15) is 4.79 Å². The van der Waals surface area contributed by atoms with Crippen LogP contribution in [0.15, 0.2) is 24.4 Å². The quantitative estimate of drug-likeness (QED) is 0.862. The lowest BCUT2D eigenvalue weighted by molar-refractivity contribution is -0.134. The van der Waals surface area contributed by atoms with Crippen LogP contribution in [0.25, 0.3) is 0 Å². The van der Waals surface area contributed by atoms with Gasteiger partial charge in [-0.1, -0.05) is 19.9 Å². The van der Waals surface area contributed by atoms with Crippen LogP contribution in [0.5, 0.6) is 0 Å². The first-order chi connectivity index (χ1) is 7.95. The Bertz CT molecular complexity index is 364. The van der Waals surface area contributed by atoms with Crippen LogP contribution >= 0.6 is 0 Å². The molecule has 1 aromatic rings. The molecular weight excluding hydrogens is 214 g/mol. The number of carbonyl (C=O) groups is 1. The van der Waals surface area contributed by atoms with Gasteiger partial charge in [0, 0.05) is 13.2 Å². The Morgan fingerprint density at radius 1 is 1.35 bits per heavy atom. The lowest BCUT2D eigenvalue weighted by atomic mass is 10.0. The van der Waals surface area contributed by atoms with Gasteiger partial charge in [0.2, 0.25) is 5.91 Å². The van der Waals surface area contributed by atoms with Gasteiger partial charge >= 0.3 is 0 Å². The standard InChI is InChI=1S/C13H21N3O/c1-9(2)12(14)13(17)16(4)10(3)11-7-5-6-8-15-11/h5-10,12H,14H2,1-4H3/t10-,12+/m1/s1. The minimum atomic E-state index is -0.453. The van der Waals surface area contributed by atoms with Gasteiger partial charge in [-0.2, -0.15) is 0 Å². The van der Waals surface area contributed by atoms with Crippen molar-refractivity contribution in [1.29, 1.82) is 0 Å². The van der Waals surface area contributed by atoms with Crippen LogP contribution in [-0.2, 0) is 4.79 Å². The third kappa shape index (κ3) is 3.27. The average molecular weight is 235 g/mol. The van der Waals surface area contributed by atoms with Gasteiger partial charge in [0.05, 0.1) is 17.8 Å². The number of carbonyl (C=O) groups excluding carboxylic acids is 1. The number of aromatic nitrogens is 1. The fraction of sp³-hybridized carbons (Fsp3) is 0.538. The molecule has 0 aliphatic rings. The summed E-state index contributed by atoms with van der Waals surface area (Å²) in [6.45, 7) is 5.84. The van der Waals surface area contributed by atoms with Gasteiger partial charge in [-0.05, 0) is 25.0 Å². The number of hydrogen-bond donors (Lipinski definition) is 1. The van der Waals surface area contributed by atoms with Crippen LogP contribution in [0.1, 0.15) is 32.5 Å². The molecule has 1 amide bonds. The van der Waals surface area contributed by atoms with Crippen LogP contribution in [0.4, 0.5) is 0 Å². The lowest BCUT2D eigenvalue weighted by Gasteiger charge is -2.28. The minimum Gasteiger partial charge on any atom is -0.336 e. The topological polar surface area (TPSA) is 59.2 Å². The molecule has 2 N–H and O–H groups in total. The maximum absolute atomic E-state index is 12.1. The second-order valence-electron chi connectivity index (χ2n) is 4.65. The largest absolute Gasteiger partial charge is 0.336 e. The van der Waals surface area contributed by atoms with E-state index in [1.54, 1.807) is 18.1 Å². The lowest BCUT2D eigenvalue weighted by Crippen LogP contribution is -2.45. The molecule has 0 radical (unpaired) electrons. The highest BCUT2D eigenvalue weighted by Crippen LogP contribution is 2.17. The monoisotopic (exact) mass is 235 g/mol. The second kappa shape index (κ2) is 5.77. The smallest absolute Gasteiger partial charge is 0.240 e. The summed E-state index contributed by atoms with van der Waals surface area (Å²) in [5.74, 6) is 0.0963. The zero-order valence-electron chi connectivity index (χ0n) is 10.9. The zero-order valence-corrected chi connectivity index (χ0v) is 10.9. The van der Waals surface area contributed by atoms with Gasteiger partial charge in [0.25, 0.3) is 0 Å². The molecule has 1 heterocycles. The molecule has 0 aliphatic heterocycles. The molecule has 0 unspecified atom stereocenters. The van der Waals surface area contributed by atoms with E-state index in [2.05, 4.69) is 4.98 Å². The van der Waals surface area contributed by atoms with Crippen molar-refractivity contribution in [3.05, 3.63) is 30.1 Å². The third-order valence-electron chi connectivity index (χ3n) is 3.05. The van der Waals surface area contributed by atoms with Gasteiger partial charge in [0.15, 0.2) is 0 Å². The van der Waals surface area contributed by atoms with Crippen molar-refractivity contribution in [1.82, 2.24) is 9.88 Å². The van der Waals surface area contributed by atoms with E-state index in [1.165, 1.54) is 0 Å². The number of nitrogens with two attached hydrogens (primary N) is 1. The molecule has 94 valence electrons. The fourth-order valence-electron chi connectivity index (χ4n) is 1.53. The third-order valence-corrected chi connectivity index (χ3v) is 3.05. The molecule has 4 nitrogen and oxygen atoms in total. The molecule has 0 fully saturated rings. The van der Waals surface area contributed by atoms with Gasteiger partial charge < -0.3 is 10.6 Å². The number of pyridine rings is 1. The van der Waals surface area contributed by atoms with Crippen molar-refractivity contribution in [2.24, 2.45) is 11.7 Å². The highest BCUT2D eigenvalue weighted by Gasteiger charge is 2.25. The molecule has 0 aliphatic carbocycles. The van der Waals surface area contributed by atoms with Crippen molar-refractivity contribution >= 4 is 5.91 Å². The van der Waals surface area contributed by atoms with Crippen LogP contribution in [0, 0.1) is 5.92 Å². The molecule has 1 aromatic heterocycles. The first-order valence-electron chi connectivity index (χ1n) is 5.88. The van der Waals surface area contributed by atoms with E-state index in [1.807, 2.05) is 39.0 Å². The average Bonchev–Trinajstić information content (AvgIpc) is 2.36. The van der Waals surface area contributed by atoms with E-state index in [4.69, 9.17) is 5.73 Å². The van der Waals surface area contributed by atoms with Crippen molar-refractivity contribution in [3.63, 3.8) is 0 Å². The second-order valence-corrected chi connectivity index (χ2v) is 4.65. The SMILES string of the molecule is CC(C)[C@H](N)C(=O)N(C)[C@H](C)c1ccccn1. The Balaban J connectivity index is 2.77. The zero-order chi connectivity index (χ0) is 13.0. The minimum absolute atomic E-state index is 0.0434. The van der Waals surface area contributed by atoms with E-state index in [0.29, 0.717) is 0 Å². The fourth-order valence-corrected chi connectivity index (χ4v) is 1.53. The van der Waals surface area contributed by atoms with Gasteiger partial charge in [-0.3, -0.25) is 9.78 Å². The molecule has 4 heteroatoms. The van der Waals surface area contributed by atoms with E-state index >= 15 is 0 Å². The summed E-state index contributed by atoms with van der Waals surface area (Å²) < 4.78 is 0. The van der Waals surface area contributed by atoms with E-state index < -0.39 is 6.04 Å².